The maximum Gasteiger partial charge on any atom is 0.261 e. The van der Waals surface area contributed by atoms with E-state index in [0.717, 1.165) is 0 Å². The number of carbonyl (C=O) groups is 1. The highest BCUT2D eigenvalue weighted by atomic mass is 35.5. The van der Waals surface area contributed by atoms with Crippen molar-refractivity contribution < 1.29 is 9.53 Å². The lowest BCUT2D eigenvalue weighted by Gasteiger charge is -2.27. The van der Waals surface area contributed by atoms with Crippen molar-refractivity contribution in [2.45, 2.75) is 6.54 Å². The number of rotatable bonds is 2. The average Bonchev–Trinajstić information content (AvgIpc) is 2.51. The zero-order valence-electron chi connectivity index (χ0n) is 11.3. The van der Waals surface area contributed by atoms with E-state index < -0.39 is 0 Å². The van der Waals surface area contributed by atoms with Gasteiger partial charge in [0, 0.05) is 18.1 Å². The van der Waals surface area contributed by atoms with Crippen LogP contribution in [-0.2, 0) is 16.1 Å². The normalized spacial score (nSPS) is 15.4. The van der Waals surface area contributed by atoms with Crippen molar-refractivity contribution in [2.24, 2.45) is 0 Å². The van der Waals surface area contributed by atoms with Gasteiger partial charge in [0.05, 0.1) is 30.4 Å². The molecule has 0 N–H and O–H groups in total. The molecule has 2 aromatic rings. The Morgan fingerprint density at radius 3 is 2.86 bits per heavy atom. The molecule has 1 amide bonds. The summed E-state index contributed by atoms with van der Waals surface area (Å²) in [6.07, 6.45) is 1.40. The number of amides is 1. The summed E-state index contributed by atoms with van der Waals surface area (Å²) >= 11 is 5.91. The lowest BCUT2D eigenvalue weighted by Crippen LogP contribution is -2.43. The number of ether oxygens (including phenoxy) is 1. The molecule has 21 heavy (non-hydrogen) atoms. The molecule has 1 fully saturated rings. The Morgan fingerprint density at radius 1 is 1.33 bits per heavy atom. The molecule has 0 unspecified atom stereocenters. The van der Waals surface area contributed by atoms with E-state index in [1.165, 1.54) is 10.9 Å². The Balaban J connectivity index is 1.88. The number of aromatic nitrogens is 2. The predicted octanol–water partition coefficient (Wildman–Crippen LogP) is 0.909. The Morgan fingerprint density at radius 2 is 2.10 bits per heavy atom. The van der Waals surface area contributed by atoms with Crippen LogP contribution in [0.3, 0.4) is 0 Å². The lowest BCUT2D eigenvalue weighted by atomic mass is 10.2. The van der Waals surface area contributed by atoms with Crippen LogP contribution in [0.2, 0.25) is 5.02 Å². The number of halogens is 1. The van der Waals surface area contributed by atoms with Gasteiger partial charge in [-0.15, -0.1) is 0 Å². The Labute approximate surface area is 125 Å². The Bertz CT molecular complexity index is 738. The van der Waals surface area contributed by atoms with Crippen molar-refractivity contribution in [1.82, 2.24) is 14.5 Å². The zero-order chi connectivity index (χ0) is 14.8. The van der Waals surface area contributed by atoms with E-state index >= 15 is 0 Å². The molecule has 3 rings (SSSR count). The Hall–Kier alpha value is -1.92. The zero-order valence-corrected chi connectivity index (χ0v) is 12.0. The molecule has 6 nitrogen and oxygen atoms in total. The first-order chi connectivity index (χ1) is 10.1. The molecule has 1 aromatic heterocycles. The van der Waals surface area contributed by atoms with Crippen LogP contribution in [0.1, 0.15) is 0 Å². The van der Waals surface area contributed by atoms with Crippen molar-refractivity contribution in [2.75, 3.05) is 26.3 Å². The average molecular weight is 308 g/mol. The monoisotopic (exact) mass is 307 g/mol. The van der Waals surface area contributed by atoms with Crippen LogP contribution in [0.4, 0.5) is 0 Å². The third kappa shape index (κ3) is 2.91. The number of carbonyl (C=O) groups excluding carboxylic acids is 1. The third-order valence-electron chi connectivity index (χ3n) is 3.46. The van der Waals surface area contributed by atoms with Gasteiger partial charge in [0.2, 0.25) is 5.91 Å². The summed E-state index contributed by atoms with van der Waals surface area (Å²) in [6, 6.07) is 4.94. The molecule has 1 aromatic carbocycles. The van der Waals surface area contributed by atoms with Crippen LogP contribution in [0.15, 0.2) is 29.3 Å². The fraction of sp³-hybridized carbons (Fsp3) is 0.357. The Kier molecular flexibility index (Phi) is 3.90. The number of fused-ring (bicyclic) bond motifs is 1. The van der Waals surface area contributed by atoms with Crippen LogP contribution in [0.25, 0.3) is 10.9 Å². The first kappa shape index (κ1) is 14.0. The summed E-state index contributed by atoms with van der Waals surface area (Å²) in [4.78, 5) is 30.4. The van der Waals surface area contributed by atoms with Crippen molar-refractivity contribution in [1.29, 1.82) is 0 Å². The fourth-order valence-corrected chi connectivity index (χ4v) is 2.47. The molecule has 0 saturated carbocycles. The number of morpholine rings is 1. The second kappa shape index (κ2) is 5.83. The molecule has 7 heteroatoms. The van der Waals surface area contributed by atoms with Gasteiger partial charge < -0.3 is 9.64 Å². The van der Waals surface area contributed by atoms with Gasteiger partial charge in [-0.25, -0.2) is 4.98 Å². The van der Waals surface area contributed by atoms with E-state index in [4.69, 9.17) is 16.3 Å². The first-order valence-electron chi connectivity index (χ1n) is 6.65. The quantitative estimate of drug-likeness (QED) is 0.827. The summed E-state index contributed by atoms with van der Waals surface area (Å²) in [7, 11) is 0. The van der Waals surface area contributed by atoms with Crippen LogP contribution in [0, 0.1) is 0 Å². The van der Waals surface area contributed by atoms with Gasteiger partial charge in [0.15, 0.2) is 0 Å². The van der Waals surface area contributed by atoms with Gasteiger partial charge in [-0.1, -0.05) is 11.6 Å². The summed E-state index contributed by atoms with van der Waals surface area (Å²) in [5.41, 5.74) is 0.309. The molecule has 1 aliphatic rings. The number of hydrogen-bond acceptors (Lipinski definition) is 4. The maximum atomic E-state index is 12.4. The van der Waals surface area contributed by atoms with Crippen molar-refractivity contribution in [3.05, 3.63) is 39.9 Å². The van der Waals surface area contributed by atoms with E-state index in [-0.39, 0.29) is 18.0 Å². The molecule has 0 aliphatic carbocycles. The van der Waals surface area contributed by atoms with Gasteiger partial charge in [0.25, 0.3) is 5.56 Å². The number of nitrogens with zero attached hydrogens (tertiary/aromatic N) is 3. The SMILES string of the molecule is O=C(Cn1cnc2ccc(Cl)cc2c1=O)N1CCOCC1. The van der Waals surface area contributed by atoms with E-state index in [9.17, 15) is 9.59 Å². The fourth-order valence-electron chi connectivity index (χ4n) is 2.30. The lowest BCUT2D eigenvalue weighted by molar-refractivity contribution is -0.135. The molecule has 110 valence electrons. The molecule has 1 saturated heterocycles. The van der Waals surface area contributed by atoms with Gasteiger partial charge in [-0.3, -0.25) is 14.2 Å². The summed E-state index contributed by atoms with van der Waals surface area (Å²) in [5.74, 6) is -0.108. The standard InChI is InChI=1S/C14H14ClN3O3/c15-10-1-2-12-11(7-10)14(20)18(9-16-12)8-13(19)17-3-5-21-6-4-17/h1-2,7,9H,3-6,8H2. The van der Waals surface area contributed by atoms with E-state index in [1.807, 2.05) is 0 Å². The van der Waals surface area contributed by atoms with E-state index in [0.29, 0.717) is 42.2 Å². The topological polar surface area (TPSA) is 64.4 Å². The molecule has 1 aliphatic heterocycles. The predicted molar refractivity (Wildman–Crippen MR) is 78.4 cm³/mol. The molecular formula is C14H14ClN3O3. The molecule has 0 spiro atoms. The smallest absolute Gasteiger partial charge is 0.261 e. The second-order valence-corrected chi connectivity index (χ2v) is 5.27. The van der Waals surface area contributed by atoms with Gasteiger partial charge >= 0.3 is 0 Å². The van der Waals surface area contributed by atoms with Gasteiger partial charge in [0.1, 0.15) is 6.54 Å². The second-order valence-electron chi connectivity index (χ2n) is 4.83. The van der Waals surface area contributed by atoms with Crippen molar-refractivity contribution in [3.63, 3.8) is 0 Å². The maximum absolute atomic E-state index is 12.4. The highest BCUT2D eigenvalue weighted by Gasteiger charge is 2.18. The molecular weight excluding hydrogens is 294 g/mol. The third-order valence-corrected chi connectivity index (χ3v) is 3.69. The molecule has 0 radical (unpaired) electrons. The molecule has 0 bridgehead atoms. The number of benzene rings is 1. The van der Waals surface area contributed by atoms with Crippen molar-refractivity contribution >= 4 is 28.4 Å². The minimum Gasteiger partial charge on any atom is -0.378 e. The highest BCUT2D eigenvalue weighted by Crippen LogP contribution is 2.14. The summed E-state index contributed by atoms with van der Waals surface area (Å²) < 4.78 is 6.52. The van der Waals surface area contributed by atoms with Gasteiger partial charge in [-0.05, 0) is 18.2 Å². The van der Waals surface area contributed by atoms with E-state index in [2.05, 4.69) is 4.98 Å². The van der Waals surface area contributed by atoms with Crippen molar-refractivity contribution in [3.8, 4) is 0 Å². The highest BCUT2D eigenvalue weighted by molar-refractivity contribution is 6.31. The van der Waals surface area contributed by atoms with E-state index in [1.54, 1.807) is 23.1 Å². The molecule has 2 heterocycles. The molecule has 0 atom stereocenters. The number of hydrogen-bond donors (Lipinski definition) is 0. The van der Waals surface area contributed by atoms with Crippen LogP contribution in [-0.4, -0.2) is 46.7 Å². The summed E-state index contributed by atoms with van der Waals surface area (Å²) in [6.45, 7) is 2.16. The minimum atomic E-state index is -0.260. The van der Waals surface area contributed by atoms with Crippen LogP contribution in [0.5, 0.6) is 0 Å². The minimum absolute atomic E-state index is 0.0196. The summed E-state index contributed by atoms with van der Waals surface area (Å²) in [5, 5.41) is 0.887. The van der Waals surface area contributed by atoms with Crippen LogP contribution < -0.4 is 5.56 Å². The van der Waals surface area contributed by atoms with Gasteiger partial charge in [-0.2, -0.15) is 0 Å². The first-order valence-corrected chi connectivity index (χ1v) is 7.03. The van der Waals surface area contributed by atoms with Crippen LogP contribution >= 0.6 is 11.6 Å². The largest absolute Gasteiger partial charge is 0.378 e.